The molecule has 0 aromatic heterocycles. The summed E-state index contributed by atoms with van der Waals surface area (Å²) in [6.07, 6.45) is 79.6. The molecule has 0 rings (SSSR count). The molecular weight excluding hydrogens is 1050 g/mol. The summed E-state index contributed by atoms with van der Waals surface area (Å²) < 4.78 is 0. The van der Waals surface area contributed by atoms with E-state index in [4.69, 9.17) is 0 Å². The van der Waals surface area contributed by atoms with E-state index in [-0.39, 0.29) is 50.9 Å². The zero-order valence-electron chi connectivity index (χ0n) is 46.9. The molecule has 0 aliphatic carbocycles. The molecule has 0 aromatic carbocycles. The Bertz CT molecular complexity index is 556. The Labute approximate surface area is 460 Å². The first kappa shape index (κ1) is 80.1. The number of unbranched alkanes of at least 4 members (excludes halogenated alkanes) is 42. The summed E-state index contributed by atoms with van der Waals surface area (Å²) in [4.78, 5) is 0. The molecule has 0 nitrogen and oxygen atoms in total. The van der Waals surface area contributed by atoms with Gasteiger partial charge in [-0.3, -0.25) is 0 Å². The van der Waals surface area contributed by atoms with Gasteiger partial charge in [0, 0.05) is 0 Å². The molecule has 6 heteroatoms. The fourth-order valence-electron chi connectivity index (χ4n) is 8.68. The van der Waals surface area contributed by atoms with E-state index in [1.54, 1.807) is 0 Å². The maximum absolute atomic E-state index is 2.30. The quantitative estimate of drug-likeness (QED) is 0.0421. The lowest BCUT2D eigenvalue weighted by molar-refractivity contribution is 0.548. The zero-order chi connectivity index (χ0) is 46.3. The van der Waals surface area contributed by atoms with E-state index in [2.05, 4.69) is 41.5 Å². The lowest BCUT2D eigenvalue weighted by Gasteiger charge is -2.03. The summed E-state index contributed by atoms with van der Waals surface area (Å²) in [5, 5.41) is 0. The molecule has 3 unspecified atom stereocenters. The molecule has 66 heavy (non-hydrogen) atoms. The van der Waals surface area contributed by atoms with Gasteiger partial charge in [0.2, 0.25) is 0 Å². The lowest BCUT2D eigenvalue weighted by Crippen LogP contribution is -1.85. The second kappa shape index (κ2) is 84.5. The smallest absolute Gasteiger partial charge is 0.0353 e. The summed E-state index contributed by atoms with van der Waals surface area (Å²) in [5.41, 5.74) is 0. The molecule has 408 valence electrons. The van der Waals surface area contributed by atoms with Crippen molar-refractivity contribution in [1.82, 2.24) is 0 Å². The maximum atomic E-state index is 2.30. The highest BCUT2D eigenvalue weighted by Crippen LogP contribution is 2.21. The van der Waals surface area contributed by atoms with Crippen molar-refractivity contribution in [3.05, 3.63) is 0 Å². The van der Waals surface area contributed by atoms with Crippen LogP contribution in [0, 0.1) is 0 Å². The van der Waals surface area contributed by atoms with Crippen molar-refractivity contribution in [3.8, 4) is 0 Å². The van der Waals surface area contributed by atoms with Crippen molar-refractivity contribution in [2.24, 2.45) is 0 Å². The van der Waals surface area contributed by atoms with Crippen LogP contribution in [0.5, 0.6) is 0 Å². The third-order valence-corrected chi connectivity index (χ3v) is 17.5. The molecule has 0 heterocycles. The molecule has 0 saturated heterocycles. The van der Waals surface area contributed by atoms with E-state index < -0.39 is 0 Å². The van der Waals surface area contributed by atoms with Crippen molar-refractivity contribution in [2.75, 3.05) is 37.0 Å². The molecule has 0 spiro atoms. The van der Waals surface area contributed by atoms with Gasteiger partial charge < -0.3 is 0 Å². The molecule has 0 aliphatic rings. The predicted molar refractivity (Wildman–Crippen MR) is 341 cm³/mol. The number of hydrogen-bond donors (Lipinski definition) is 0. The van der Waals surface area contributed by atoms with Gasteiger partial charge in [-0.2, -0.15) is 0 Å². The minimum absolute atomic E-state index is 0. The first-order chi connectivity index (χ1) is 31.2. The highest BCUT2D eigenvalue weighted by Gasteiger charge is 1.98. The van der Waals surface area contributed by atoms with Crippen LogP contribution in [0.3, 0.4) is 0 Å². The Morgan fingerprint density at radius 1 is 0.136 bits per heavy atom. The Hall–Kier alpha value is 2.73. The second-order valence-electron chi connectivity index (χ2n) is 20.1. The SMILES string of the molecule is Br.Br.Br.CCCCCCCCCCCCCCPCCCCCC.CCCCCCCCCCCCCCPCCCCCC.CCCCCCCCCCCCCCPCCCCCC. The monoisotopic (exact) mass is 1180 g/mol. The third-order valence-electron chi connectivity index (χ3n) is 13.2. The topological polar surface area (TPSA) is 0 Å². The van der Waals surface area contributed by atoms with Crippen LogP contribution in [-0.2, 0) is 0 Å². The molecule has 0 aromatic rings. The second-order valence-corrected chi connectivity index (χ2v) is 24.6. The molecule has 0 saturated carbocycles. The van der Waals surface area contributed by atoms with Crippen LogP contribution >= 0.6 is 76.7 Å². The first-order valence-electron chi connectivity index (χ1n) is 30.4. The number of rotatable bonds is 54. The Kier molecular flexibility index (Phi) is 103. The first-order valence-corrected chi connectivity index (χ1v) is 34.6. The lowest BCUT2D eigenvalue weighted by atomic mass is 10.1. The summed E-state index contributed by atoms with van der Waals surface area (Å²) in [6.45, 7) is 13.8. The summed E-state index contributed by atoms with van der Waals surface area (Å²) >= 11 is 0. The van der Waals surface area contributed by atoms with E-state index in [0.29, 0.717) is 0 Å². The van der Waals surface area contributed by atoms with Gasteiger partial charge in [-0.05, 0) is 75.5 Å². The van der Waals surface area contributed by atoms with Gasteiger partial charge in [0.1, 0.15) is 0 Å². The highest BCUT2D eigenvalue weighted by molar-refractivity contribution is 8.93. The van der Waals surface area contributed by atoms with Gasteiger partial charge in [0.25, 0.3) is 0 Å². The van der Waals surface area contributed by atoms with E-state index in [1.165, 1.54) is 371 Å². The van der Waals surface area contributed by atoms with Crippen LogP contribution in [0.4, 0.5) is 0 Å². The van der Waals surface area contributed by atoms with Gasteiger partial charge in [-0.1, -0.05) is 311 Å². The normalized spacial score (nSPS) is 11.2. The van der Waals surface area contributed by atoms with Crippen LogP contribution in [0.15, 0.2) is 0 Å². The zero-order valence-corrected chi connectivity index (χ0v) is 55.0. The largest absolute Gasteiger partial charge is 0.122 e. The van der Waals surface area contributed by atoms with E-state index in [0.717, 1.165) is 0 Å². The number of hydrogen-bond acceptors (Lipinski definition) is 0. The summed E-state index contributed by atoms with van der Waals surface area (Å²) in [6, 6.07) is 0. The minimum atomic E-state index is 0. The van der Waals surface area contributed by atoms with Crippen molar-refractivity contribution in [2.45, 2.75) is 350 Å². The minimum Gasteiger partial charge on any atom is -0.122 e. The van der Waals surface area contributed by atoms with E-state index in [9.17, 15) is 0 Å². The van der Waals surface area contributed by atoms with Gasteiger partial charge in [0.15, 0.2) is 0 Å². The highest BCUT2D eigenvalue weighted by atomic mass is 79.9. The van der Waals surface area contributed by atoms with Gasteiger partial charge in [0.05, 0.1) is 0 Å². The average Bonchev–Trinajstić information content (AvgIpc) is 3.30. The van der Waals surface area contributed by atoms with Crippen molar-refractivity contribution >= 4 is 76.7 Å². The van der Waals surface area contributed by atoms with Crippen molar-refractivity contribution in [3.63, 3.8) is 0 Å². The van der Waals surface area contributed by atoms with Crippen molar-refractivity contribution < 1.29 is 0 Å². The Morgan fingerprint density at radius 3 is 0.348 bits per heavy atom. The summed E-state index contributed by atoms with van der Waals surface area (Å²) in [5.74, 6) is 0. The predicted octanol–water partition coefficient (Wildman–Crippen LogP) is 25.6. The molecular formula is C60H132Br3P3. The molecule has 0 radical (unpaired) electrons. The van der Waals surface area contributed by atoms with Gasteiger partial charge in [-0.25, -0.2) is 0 Å². The fraction of sp³-hybridized carbons (Fsp3) is 1.00. The Morgan fingerprint density at radius 2 is 0.227 bits per heavy atom. The maximum Gasteiger partial charge on any atom is -0.0353 e. The van der Waals surface area contributed by atoms with Crippen LogP contribution < -0.4 is 0 Å². The van der Waals surface area contributed by atoms with Gasteiger partial charge >= 0.3 is 0 Å². The Balaban J connectivity index is -0.000000200. The third kappa shape index (κ3) is 89.6. The van der Waals surface area contributed by atoms with Gasteiger partial charge in [-0.15, -0.1) is 76.7 Å². The molecule has 0 bridgehead atoms. The van der Waals surface area contributed by atoms with Crippen LogP contribution in [0.2, 0.25) is 0 Å². The number of halogens is 3. The summed E-state index contributed by atoms with van der Waals surface area (Å²) in [7, 11) is 3.77. The van der Waals surface area contributed by atoms with Crippen LogP contribution in [0.1, 0.15) is 350 Å². The van der Waals surface area contributed by atoms with E-state index >= 15 is 0 Å². The molecule has 0 aliphatic heterocycles. The fourth-order valence-corrected chi connectivity index (χ4v) is 12.4. The molecule has 0 fully saturated rings. The van der Waals surface area contributed by atoms with E-state index in [1.807, 2.05) is 0 Å². The molecule has 0 amide bonds. The van der Waals surface area contributed by atoms with Crippen LogP contribution in [-0.4, -0.2) is 37.0 Å². The average molecular weight is 1190 g/mol. The standard InChI is InChI=1S/3C20H43P.3BrH/c3*1-3-5-7-9-10-11-12-13-14-15-16-18-20-21-19-17-8-6-4-2;;;/h3*21H,3-20H2,1-2H3;3*1H. The van der Waals surface area contributed by atoms with Crippen molar-refractivity contribution in [1.29, 1.82) is 0 Å². The van der Waals surface area contributed by atoms with Crippen LogP contribution in [0.25, 0.3) is 0 Å². The molecule has 0 N–H and O–H groups in total. The molecule has 3 atom stereocenters.